The molecule has 0 aromatic heterocycles. The zero-order chi connectivity index (χ0) is 14.6. The molecule has 2 aromatic carbocycles. The van der Waals surface area contributed by atoms with E-state index in [1.807, 2.05) is 24.3 Å². The van der Waals surface area contributed by atoms with Crippen molar-refractivity contribution in [3.05, 3.63) is 59.7 Å². The number of ether oxygens (including phenoxy) is 1. The van der Waals surface area contributed by atoms with Crippen LogP contribution in [-0.2, 0) is 6.61 Å². The van der Waals surface area contributed by atoms with Crippen molar-refractivity contribution in [1.82, 2.24) is 0 Å². The highest BCUT2D eigenvalue weighted by atomic mass is 16.5. The smallest absolute Gasteiger partial charge is 0.119 e. The molecule has 2 rings (SSSR count). The fraction of sp³-hybridized carbons (Fsp3) is 0.333. The summed E-state index contributed by atoms with van der Waals surface area (Å²) in [5, 5.41) is 3.44. The Kier molecular flexibility index (Phi) is 4.33. The monoisotopic (exact) mass is 269 g/mol. The van der Waals surface area contributed by atoms with Gasteiger partial charge in [0.2, 0.25) is 0 Å². The highest BCUT2D eigenvalue weighted by molar-refractivity contribution is 5.47. The third-order valence-electron chi connectivity index (χ3n) is 3.03. The lowest BCUT2D eigenvalue weighted by Crippen LogP contribution is -2.25. The van der Waals surface area contributed by atoms with Gasteiger partial charge >= 0.3 is 0 Å². The standard InChI is InChI=1S/C18H23NO/c1-14-7-5-6-8-15(14)13-20-17-11-9-16(10-12-17)19-18(2,3)4/h5-12,19H,13H2,1-4H3. The normalized spacial score (nSPS) is 11.2. The Morgan fingerprint density at radius 2 is 1.60 bits per heavy atom. The first-order valence-corrected chi connectivity index (χ1v) is 7.00. The average Bonchev–Trinajstić information content (AvgIpc) is 2.38. The van der Waals surface area contributed by atoms with E-state index in [1.165, 1.54) is 11.1 Å². The SMILES string of the molecule is Cc1ccccc1COc1ccc(NC(C)(C)C)cc1. The molecule has 0 amide bonds. The van der Waals surface area contributed by atoms with Gasteiger partial charge in [-0.2, -0.15) is 0 Å². The van der Waals surface area contributed by atoms with Crippen LogP contribution in [0.15, 0.2) is 48.5 Å². The second-order valence-corrected chi connectivity index (χ2v) is 6.11. The van der Waals surface area contributed by atoms with Crippen molar-refractivity contribution in [1.29, 1.82) is 0 Å². The van der Waals surface area contributed by atoms with E-state index in [1.54, 1.807) is 0 Å². The molecule has 0 saturated heterocycles. The molecule has 0 aliphatic carbocycles. The van der Waals surface area contributed by atoms with Gasteiger partial charge in [0.25, 0.3) is 0 Å². The second kappa shape index (κ2) is 6.00. The van der Waals surface area contributed by atoms with Gasteiger partial charge < -0.3 is 10.1 Å². The molecule has 0 radical (unpaired) electrons. The van der Waals surface area contributed by atoms with E-state index in [0.717, 1.165) is 11.4 Å². The van der Waals surface area contributed by atoms with Crippen molar-refractivity contribution in [2.75, 3.05) is 5.32 Å². The van der Waals surface area contributed by atoms with Crippen molar-refractivity contribution in [3.8, 4) is 5.75 Å². The van der Waals surface area contributed by atoms with Crippen LogP contribution in [0.3, 0.4) is 0 Å². The summed E-state index contributed by atoms with van der Waals surface area (Å²) in [5.41, 5.74) is 3.67. The van der Waals surface area contributed by atoms with Crippen molar-refractivity contribution in [2.24, 2.45) is 0 Å². The molecule has 0 atom stereocenters. The van der Waals surface area contributed by atoms with Crippen molar-refractivity contribution >= 4 is 5.69 Å². The average molecular weight is 269 g/mol. The quantitative estimate of drug-likeness (QED) is 0.862. The number of hydrogen-bond donors (Lipinski definition) is 1. The van der Waals surface area contributed by atoms with Crippen LogP contribution in [0.25, 0.3) is 0 Å². The molecule has 0 bridgehead atoms. The molecule has 1 N–H and O–H groups in total. The van der Waals surface area contributed by atoms with E-state index in [-0.39, 0.29) is 5.54 Å². The minimum atomic E-state index is 0.0729. The maximum absolute atomic E-state index is 5.83. The largest absolute Gasteiger partial charge is 0.489 e. The van der Waals surface area contributed by atoms with Crippen LogP contribution in [0.4, 0.5) is 5.69 Å². The van der Waals surface area contributed by atoms with Crippen molar-refractivity contribution < 1.29 is 4.74 Å². The summed E-state index contributed by atoms with van der Waals surface area (Å²) >= 11 is 0. The highest BCUT2D eigenvalue weighted by Gasteiger charge is 2.08. The molecule has 0 heterocycles. The molecule has 2 nitrogen and oxygen atoms in total. The van der Waals surface area contributed by atoms with Gasteiger partial charge in [-0.05, 0) is 63.1 Å². The molecule has 2 heteroatoms. The van der Waals surface area contributed by atoms with Gasteiger partial charge in [-0.3, -0.25) is 0 Å². The summed E-state index contributed by atoms with van der Waals surface area (Å²) < 4.78 is 5.83. The van der Waals surface area contributed by atoms with Crippen LogP contribution in [0.1, 0.15) is 31.9 Å². The molecular weight excluding hydrogens is 246 g/mol. The van der Waals surface area contributed by atoms with E-state index in [0.29, 0.717) is 6.61 Å². The summed E-state index contributed by atoms with van der Waals surface area (Å²) in [4.78, 5) is 0. The van der Waals surface area contributed by atoms with Gasteiger partial charge in [0.15, 0.2) is 0 Å². The third-order valence-corrected chi connectivity index (χ3v) is 3.03. The first kappa shape index (κ1) is 14.4. The van der Waals surface area contributed by atoms with Crippen LogP contribution in [0, 0.1) is 6.92 Å². The maximum Gasteiger partial charge on any atom is 0.119 e. The van der Waals surface area contributed by atoms with E-state index < -0.39 is 0 Å². The summed E-state index contributed by atoms with van der Waals surface area (Å²) in [5.74, 6) is 0.896. The molecule has 20 heavy (non-hydrogen) atoms. The van der Waals surface area contributed by atoms with Gasteiger partial charge in [0.1, 0.15) is 12.4 Å². The predicted molar refractivity (Wildman–Crippen MR) is 85.3 cm³/mol. The summed E-state index contributed by atoms with van der Waals surface area (Å²) in [6.45, 7) is 9.16. The lowest BCUT2D eigenvalue weighted by atomic mass is 10.1. The number of anilines is 1. The van der Waals surface area contributed by atoms with Gasteiger partial charge in [-0.15, -0.1) is 0 Å². The highest BCUT2D eigenvalue weighted by Crippen LogP contribution is 2.20. The lowest BCUT2D eigenvalue weighted by Gasteiger charge is -2.22. The Morgan fingerprint density at radius 3 is 2.20 bits per heavy atom. The Hall–Kier alpha value is -1.96. The Labute approximate surface area is 121 Å². The Morgan fingerprint density at radius 1 is 0.950 bits per heavy atom. The fourth-order valence-corrected chi connectivity index (χ4v) is 2.00. The number of nitrogens with one attached hydrogen (secondary N) is 1. The van der Waals surface area contributed by atoms with Gasteiger partial charge in [0, 0.05) is 11.2 Å². The van der Waals surface area contributed by atoms with Crippen LogP contribution in [-0.4, -0.2) is 5.54 Å². The first-order chi connectivity index (χ1) is 9.44. The number of aryl methyl sites for hydroxylation is 1. The van der Waals surface area contributed by atoms with Gasteiger partial charge in [-0.1, -0.05) is 24.3 Å². The molecule has 2 aromatic rings. The predicted octanol–water partition coefficient (Wildman–Crippen LogP) is 4.78. The first-order valence-electron chi connectivity index (χ1n) is 7.00. The molecule has 0 aliphatic rings. The molecule has 106 valence electrons. The zero-order valence-corrected chi connectivity index (χ0v) is 12.7. The van der Waals surface area contributed by atoms with E-state index in [2.05, 4.69) is 57.3 Å². The lowest BCUT2D eigenvalue weighted by molar-refractivity contribution is 0.305. The van der Waals surface area contributed by atoms with E-state index in [9.17, 15) is 0 Å². The molecule has 0 saturated carbocycles. The maximum atomic E-state index is 5.83. The Balaban J connectivity index is 1.96. The van der Waals surface area contributed by atoms with Crippen molar-refractivity contribution in [3.63, 3.8) is 0 Å². The van der Waals surface area contributed by atoms with Crippen LogP contribution in [0.2, 0.25) is 0 Å². The molecule has 0 aliphatic heterocycles. The topological polar surface area (TPSA) is 21.3 Å². The summed E-state index contributed by atoms with van der Waals surface area (Å²) in [6.07, 6.45) is 0. The van der Waals surface area contributed by atoms with Crippen LogP contribution < -0.4 is 10.1 Å². The van der Waals surface area contributed by atoms with Crippen LogP contribution >= 0.6 is 0 Å². The van der Waals surface area contributed by atoms with Crippen LogP contribution in [0.5, 0.6) is 5.75 Å². The number of hydrogen-bond acceptors (Lipinski definition) is 2. The number of rotatable bonds is 4. The Bertz CT molecular complexity index is 552. The minimum Gasteiger partial charge on any atom is -0.489 e. The molecule has 0 spiro atoms. The molecule has 0 unspecified atom stereocenters. The summed E-state index contributed by atoms with van der Waals surface area (Å²) in [7, 11) is 0. The van der Waals surface area contributed by atoms with Crippen molar-refractivity contribution in [2.45, 2.75) is 39.8 Å². The number of benzene rings is 2. The van der Waals surface area contributed by atoms with Gasteiger partial charge in [-0.25, -0.2) is 0 Å². The minimum absolute atomic E-state index is 0.0729. The molecule has 0 fully saturated rings. The van der Waals surface area contributed by atoms with E-state index in [4.69, 9.17) is 4.74 Å². The van der Waals surface area contributed by atoms with E-state index >= 15 is 0 Å². The third kappa shape index (κ3) is 4.30. The van der Waals surface area contributed by atoms with Gasteiger partial charge in [0.05, 0.1) is 0 Å². The second-order valence-electron chi connectivity index (χ2n) is 6.11. The summed E-state index contributed by atoms with van der Waals surface area (Å²) in [6, 6.07) is 16.4. The fourth-order valence-electron chi connectivity index (χ4n) is 2.00. The zero-order valence-electron chi connectivity index (χ0n) is 12.7. The molecular formula is C18H23NO.